The van der Waals surface area contributed by atoms with Gasteiger partial charge >= 0.3 is 0 Å². The van der Waals surface area contributed by atoms with Crippen molar-refractivity contribution in [2.24, 2.45) is 0 Å². The van der Waals surface area contributed by atoms with E-state index >= 15 is 0 Å². The summed E-state index contributed by atoms with van der Waals surface area (Å²) in [5.41, 5.74) is 4.49. The van der Waals surface area contributed by atoms with Crippen molar-refractivity contribution in [2.75, 3.05) is 20.3 Å². The summed E-state index contributed by atoms with van der Waals surface area (Å²) in [5.74, 6) is -0.00402. The van der Waals surface area contributed by atoms with Gasteiger partial charge in [0.2, 0.25) is 5.91 Å². The Bertz CT molecular complexity index is 873. The fourth-order valence-electron chi connectivity index (χ4n) is 3.60. The molecule has 0 aliphatic carbocycles. The zero-order chi connectivity index (χ0) is 16.5. The molecule has 0 spiro atoms. The van der Waals surface area contributed by atoms with Crippen LogP contribution in [0.3, 0.4) is 0 Å². The maximum atomic E-state index is 12.6. The number of carbonyl (C=O) groups is 1. The van der Waals surface area contributed by atoms with E-state index in [2.05, 4.69) is 28.2 Å². The molecular formula is C19H19N3O2. The van der Waals surface area contributed by atoms with Crippen LogP contribution in [0.5, 0.6) is 0 Å². The van der Waals surface area contributed by atoms with Crippen LogP contribution in [0.15, 0.2) is 48.8 Å². The van der Waals surface area contributed by atoms with Gasteiger partial charge in [0.25, 0.3) is 0 Å². The number of aromatic amines is 1. The van der Waals surface area contributed by atoms with E-state index in [1.807, 2.05) is 29.3 Å². The quantitative estimate of drug-likeness (QED) is 0.807. The lowest BCUT2D eigenvalue weighted by Crippen LogP contribution is -2.42. The number of pyridine rings is 1. The smallest absolute Gasteiger partial charge is 0.249 e. The van der Waals surface area contributed by atoms with Gasteiger partial charge < -0.3 is 14.6 Å². The van der Waals surface area contributed by atoms with E-state index in [0.717, 1.165) is 23.2 Å². The van der Waals surface area contributed by atoms with Gasteiger partial charge in [0.15, 0.2) is 0 Å². The van der Waals surface area contributed by atoms with E-state index in [-0.39, 0.29) is 18.6 Å². The first kappa shape index (κ1) is 14.9. The van der Waals surface area contributed by atoms with Crippen molar-refractivity contribution < 1.29 is 9.53 Å². The SMILES string of the molecule is COCC(=O)N1CCc2c([nH]c3ccccc23)C1c1cccnc1. The van der Waals surface area contributed by atoms with E-state index in [9.17, 15) is 4.79 Å². The third-order valence-electron chi connectivity index (χ3n) is 4.62. The molecule has 0 saturated carbocycles. The van der Waals surface area contributed by atoms with Gasteiger partial charge in [-0.25, -0.2) is 0 Å². The molecule has 0 fully saturated rings. The van der Waals surface area contributed by atoms with Crippen LogP contribution in [-0.4, -0.2) is 41.0 Å². The number of nitrogens with one attached hydrogen (secondary N) is 1. The van der Waals surface area contributed by atoms with Gasteiger partial charge in [-0.2, -0.15) is 0 Å². The second-order valence-corrected chi connectivity index (χ2v) is 6.02. The van der Waals surface area contributed by atoms with Crippen LogP contribution in [-0.2, 0) is 16.0 Å². The van der Waals surface area contributed by atoms with Crippen LogP contribution in [0.1, 0.15) is 22.9 Å². The fourth-order valence-corrected chi connectivity index (χ4v) is 3.60. The van der Waals surface area contributed by atoms with Crippen molar-refractivity contribution >= 4 is 16.8 Å². The first-order valence-electron chi connectivity index (χ1n) is 8.07. The molecule has 4 rings (SSSR count). The van der Waals surface area contributed by atoms with Crippen molar-refractivity contribution in [1.82, 2.24) is 14.9 Å². The Kier molecular flexibility index (Phi) is 3.78. The van der Waals surface area contributed by atoms with Crippen LogP contribution in [0.4, 0.5) is 0 Å². The van der Waals surface area contributed by atoms with Crippen molar-refractivity contribution in [1.29, 1.82) is 0 Å². The topological polar surface area (TPSA) is 58.2 Å². The minimum Gasteiger partial charge on any atom is -0.375 e. The number of amides is 1. The third kappa shape index (κ3) is 2.37. The zero-order valence-electron chi connectivity index (χ0n) is 13.5. The highest BCUT2D eigenvalue weighted by molar-refractivity contribution is 5.86. The van der Waals surface area contributed by atoms with Gasteiger partial charge in [0.05, 0.1) is 6.04 Å². The minimum absolute atomic E-state index is 0.00402. The molecule has 1 aliphatic rings. The molecule has 1 unspecified atom stereocenters. The fraction of sp³-hybridized carbons (Fsp3) is 0.263. The molecule has 1 aliphatic heterocycles. The Hall–Kier alpha value is -2.66. The molecular weight excluding hydrogens is 302 g/mol. The largest absolute Gasteiger partial charge is 0.375 e. The number of benzene rings is 1. The van der Waals surface area contributed by atoms with Gasteiger partial charge in [0.1, 0.15) is 6.61 Å². The Labute approximate surface area is 140 Å². The number of aromatic nitrogens is 2. The predicted octanol–water partition coefficient (Wildman–Crippen LogP) is 2.68. The molecule has 5 heteroatoms. The summed E-state index contributed by atoms with van der Waals surface area (Å²) in [7, 11) is 1.55. The lowest BCUT2D eigenvalue weighted by atomic mass is 9.93. The number of H-pyrrole nitrogens is 1. The molecule has 1 N–H and O–H groups in total. The van der Waals surface area contributed by atoms with Crippen LogP contribution in [0.25, 0.3) is 10.9 Å². The van der Waals surface area contributed by atoms with E-state index in [4.69, 9.17) is 4.74 Å². The van der Waals surface area contributed by atoms with Crippen LogP contribution in [0, 0.1) is 0 Å². The van der Waals surface area contributed by atoms with Crippen molar-refractivity contribution in [3.05, 3.63) is 65.6 Å². The number of rotatable bonds is 3. The maximum absolute atomic E-state index is 12.6. The normalized spacial score (nSPS) is 17.0. The minimum atomic E-state index is -0.155. The number of hydrogen-bond donors (Lipinski definition) is 1. The first-order valence-corrected chi connectivity index (χ1v) is 8.07. The zero-order valence-corrected chi connectivity index (χ0v) is 13.5. The molecule has 122 valence electrons. The molecule has 1 atom stereocenters. The van der Waals surface area contributed by atoms with E-state index in [1.165, 1.54) is 10.9 Å². The van der Waals surface area contributed by atoms with E-state index in [1.54, 1.807) is 13.3 Å². The Morgan fingerprint density at radius 2 is 2.21 bits per heavy atom. The first-order chi connectivity index (χ1) is 11.8. The summed E-state index contributed by atoms with van der Waals surface area (Å²) in [6, 6.07) is 12.1. The molecule has 3 heterocycles. The molecule has 2 aromatic heterocycles. The maximum Gasteiger partial charge on any atom is 0.249 e. The summed E-state index contributed by atoms with van der Waals surface area (Å²) in [6.07, 6.45) is 4.42. The molecule has 5 nitrogen and oxygen atoms in total. The summed E-state index contributed by atoms with van der Waals surface area (Å²) >= 11 is 0. The number of hydrogen-bond acceptors (Lipinski definition) is 3. The summed E-state index contributed by atoms with van der Waals surface area (Å²) in [6.45, 7) is 0.767. The van der Waals surface area contributed by atoms with Gasteiger partial charge in [-0.05, 0) is 29.7 Å². The molecule has 24 heavy (non-hydrogen) atoms. The highest BCUT2D eigenvalue weighted by Crippen LogP contribution is 2.38. The van der Waals surface area contributed by atoms with Gasteiger partial charge in [-0.3, -0.25) is 9.78 Å². The number of para-hydroxylation sites is 1. The average Bonchev–Trinajstić information content (AvgIpc) is 3.00. The van der Waals surface area contributed by atoms with Gasteiger partial charge in [0, 0.05) is 42.6 Å². The van der Waals surface area contributed by atoms with E-state index < -0.39 is 0 Å². The second-order valence-electron chi connectivity index (χ2n) is 6.02. The Morgan fingerprint density at radius 3 is 3.00 bits per heavy atom. The lowest BCUT2D eigenvalue weighted by molar-refractivity contribution is -0.137. The molecule has 0 saturated heterocycles. The highest BCUT2D eigenvalue weighted by Gasteiger charge is 2.34. The molecule has 1 aromatic carbocycles. The standard InChI is InChI=1S/C19H19N3O2/c1-24-12-17(23)22-10-8-15-14-6-2-3-7-16(14)21-18(15)19(22)13-5-4-9-20-11-13/h2-7,9,11,19,21H,8,10,12H2,1H3. The lowest BCUT2D eigenvalue weighted by Gasteiger charge is -2.36. The molecule has 0 radical (unpaired) electrons. The third-order valence-corrected chi connectivity index (χ3v) is 4.62. The van der Waals surface area contributed by atoms with E-state index in [0.29, 0.717) is 6.54 Å². The number of carbonyl (C=O) groups excluding carboxylic acids is 1. The summed E-state index contributed by atoms with van der Waals surface area (Å²) in [4.78, 5) is 22.2. The van der Waals surface area contributed by atoms with Crippen molar-refractivity contribution in [3.63, 3.8) is 0 Å². The van der Waals surface area contributed by atoms with Gasteiger partial charge in [-0.1, -0.05) is 24.3 Å². The van der Waals surface area contributed by atoms with Crippen LogP contribution >= 0.6 is 0 Å². The Morgan fingerprint density at radius 1 is 1.33 bits per heavy atom. The number of methoxy groups -OCH3 is 1. The predicted molar refractivity (Wildman–Crippen MR) is 91.7 cm³/mol. The van der Waals surface area contributed by atoms with Crippen molar-refractivity contribution in [3.8, 4) is 0 Å². The van der Waals surface area contributed by atoms with Gasteiger partial charge in [-0.15, -0.1) is 0 Å². The number of ether oxygens (including phenoxy) is 1. The second kappa shape index (κ2) is 6.09. The number of fused-ring (bicyclic) bond motifs is 3. The average molecular weight is 321 g/mol. The molecule has 0 bridgehead atoms. The van der Waals surface area contributed by atoms with Crippen LogP contribution < -0.4 is 0 Å². The monoisotopic (exact) mass is 321 g/mol. The highest BCUT2D eigenvalue weighted by atomic mass is 16.5. The summed E-state index contributed by atoms with van der Waals surface area (Å²) < 4.78 is 5.07. The summed E-state index contributed by atoms with van der Waals surface area (Å²) in [5, 5.41) is 1.24. The number of nitrogens with zero attached hydrogens (tertiary/aromatic N) is 2. The molecule has 3 aromatic rings. The van der Waals surface area contributed by atoms with Crippen molar-refractivity contribution in [2.45, 2.75) is 12.5 Å². The Balaban J connectivity index is 1.87. The van der Waals surface area contributed by atoms with Crippen LogP contribution in [0.2, 0.25) is 0 Å². The molecule has 1 amide bonds.